The summed E-state index contributed by atoms with van der Waals surface area (Å²) in [5.74, 6) is -2.44. The lowest BCUT2D eigenvalue weighted by atomic mass is 10.2. The summed E-state index contributed by atoms with van der Waals surface area (Å²) in [5.41, 5.74) is -0.167. The fraction of sp³-hybridized carbons (Fsp3) is 0.125. The molecule has 0 saturated carbocycles. The third-order valence-corrected chi connectivity index (χ3v) is 2.20. The lowest BCUT2D eigenvalue weighted by molar-refractivity contribution is 0.0598. The summed E-state index contributed by atoms with van der Waals surface area (Å²) in [6, 6.07) is 1.58. The highest BCUT2D eigenvalue weighted by Crippen LogP contribution is 2.22. The molecule has 0 spiro atoms. The van der Waals surface area contributed by atoms with E-state index in [1.807, 2.05) is 0 Å². The third kappa shape index (κ3) is 2.03. The van der Waals surface area contributed by atoms with Crippen LogP contribution in [0.3, 0.4) is 0 Å². The Kier molecular flexibility index (Phi) is 2.98. The minimum Gasteiger partial charge on any atom is -0.465 e. The summed E-state index contributed by atoms with van der Waals surface area (Å²) < 4.78 is 29.7. The number of esters is 1. The molecule has 1 aromatic carbocycles. The van der Waals surface area contributed by atoms with Gasteiger partial charge in [0, 0.05) is 6.07 Å². The first-order valence-electron chi connectivity index (χ1n) is 3.29. The van der Waals surface area contributed by atoms with Gasteiger partial charge in [0.1, 0.15) is 11.6 Å². The second-order valence-corrected chi connectivity index (χ2v) is 3.03. The van der Waals surface area contributed by atoms with Crippen LogP contribution in [0.15, 0.2) is 16.6 Å². The molecule has 13 heavy (non-hydrogen) atoms. The molecule has 0 N–H and O–H groups in total. The van der Waals surface area contributed by atoms with Crippen LogP contribution in [0.4, 0.5) is 8.78 Å². The van der Waals surface area contributed by atoms with E-state index in [2.05, 4.69) is 20.7 Å². The van der Waals surface area contributed by atoms with E-state index < -0.39 is 17.6 Å². The van der Waals surface area contributed by atoms with Crippen molar-refractivity contribution in [1.82, 2.24) is 0 Å². The fourth-order valence-corrected chi connectivity index (χ4v) is 1.21. The van der Waals surface area contributed by atoms with Crippen molar-refractivity contribution in [3.05, 3.63) is 33.8 Å². The molecule has 0 saturated heterocycles. The molecule has 5 heteroatoms. The van der Waals surface area contributed by atoms with Gasteiger partial charge in [0.25, 0.3) is 0 Å². The average molecular weight is 251 g/mol. The van der Waals surface area contributed by atoms with Crippen LogP contribution in [0.25, 0.3) is 0 Å². The molecule has 1 rings (SSSR count). The number of methoxy groups -OCH3 is 1. The van der Waals surface area contributed by atoms with Crippen molar-refractivity contribution in [2.75, 3.05) is 7.11 Å². The van der Waals surface area contributed by atoms with Crippen LogP contribution in [0.1, 0.15) is 10.4 Å². The van der Waals surface area contributed by atoms with E-state index in [-0.39, 0.29) is 10.0 Å². The molecule has 2 nitrogen and oxygen atoms in total. The van der Waals surface area contributed by atoms with Crippen molar-refractivity contribution in [3.63, 3.8) is 0 Å². The van der Waals surface area contributed by atoms with E-state index in [1.165, 1.54) is 0 Å². The first-order valence-corrected chi connectivity index (χ1v) is 4.08. The quantitative estimate of drug-likeness (QED) is 0.566. The van der Waals surface area contributed by atoms with Crippen LogP contribution in [-0.2, 0) is 4.74 Å². The summed E-state index contributed by atoms with van der Waals surface area (Å²) in [5, 5.41) is 0. The highest BCUT2D eigenvalue weighted by atomic mass is 79.9. The van der Waals surface area contributed by atoms with E-state index in [0.29, 0.717) is 6.07 Å². The maximum atomic E-state index is 12.8. The second-order valence-electron chi connectivity index (χ2n) is 2.24. The van der Waals surface area contributed by atoms with E-state index in [9.17, 15) is 13.6 Å². The molecule has 0 fully saturated rings. The minimum absolute atomic E-state index is 0.0965. The molecule has 1 aromatic rings. The van der Waals surface area contributed by atoms with Gasteiger partial charge >= 0.3 is 5.97 Å². The smallest absolute Gasteiger partial charge is 0.339 e. The van der Waals surface area contributed by atoms with Crippen molar-refractivity contribution < 1.29 is 18.3 Å². The van der Waals surface area contributed by atoms with Crippen LogP contribution >= 0.6 is 15.9 Å². The van der Waals surface area contributed by atoms with Crippen LogP contribution in [0, 0.1) is 11.6 Å². The summed E-state index contributed by atoms with van der Waals surface area (Å²) in [7, 11) is 1.14. The zero-order valence-corrected chi connectivity index (χ0v) is 8.19. The fourth-order valence-electron chi connectivity index (χ4n) is 0.814. The first-order chi connectivity index (χ1) is 6.06. The van der Waals surface area contributed by atoms with Crippen LogP contribution < -0.4 is 0 Å². The molecule has 0 unspecified atom stereocenters. The van der Waals surface area contributed by atoms with Gasteiger partial charge < -0.3 is 4.74 Å². The number of rotatable bonds is 1. The zero-order chi connectivity index (χ0) is 10.0. The number of hydrogen-bond donors (Lipinski definition) is 0. The molecule has 70 valence electrons. The summed E-state index contributed by atoms with van der Waals surface area (Å²) in [6.45, 7) is 0. The van der Waals surface area contributed by atoms with Gasteiger partial charge in [0.2, 0.25) is 0 Å². The Morgan fingerprint density at radius 1 is 1.46 bits per heavy atom. The Morgan fingerprint density at radius 3 is 2.62 bits per heavy atom. The van der Waals surface area contributed by atoms with E-state index in [0.717, 1.165) is 13.2 Å². The number of ether oxygens (including phenoxy) is 1. The predicted molar refractivity (Wildman–Crippen MR) is 45.4 cm³/mol. The Hall–Kier alpha value is -0.970. The number of carbonyl (C=O) groups excluding carboxylic acids is 1. The van der Waals surface area contributed by atoms with Gasteiger partial charge in [-0.2, -0.15) is 0 Å². The summed E-state index contributed by atoms with van der Waals surface area (Å²) >= 11 is 2.81. The molecule has 0 heterocycles. The lowest BCUT2D eigenvalue weighted by Crippen LogP contribution is -2.04. The highest BCUT2D eigenvalue weighted by molar-refractivity contribution is 9.10. The standard InChI is InChI=1S/C8H5BrF2O2/c1-13-8(12)5-2-4(10)3-6(11)7(5)9/h2-3H,1H3. The van der Waals surface area contributed by atoms with Crippen molar-refractivity contribution in [3.8, 4) is 0 Å². The average Bonchev–Trinajstić information content (AvgIpc) is 2.10. The van der Waals surface area contributed by atoms with Crippen molar-refractivity contribution in [1.29, 1.82) is 0 Å². The molecule has 0 aromatic heterocycles. The maximum absolute atomic E-state index is 12.8. The number of hydrogen-bond acceptors (Lipinski definition) is 2. The number of halogens is 3. The predicted octanol–water partition coefficient (Wildman–Crippen LogP) is 2.51. The molecule has 0 radical (unpaired) electrons. The third-order valence-electron chi connectivity index (χ3n) is 1.40. The molecule has 0 amide bonds. The second kappa shape index (κ2) is 3.83. The van der Waals surface area contributed by atoms with E-state index >= 15 is 0 Å². The van der Waals surface area contributed by atoms with Crippen LogP contribution in [0.5, 0.6) is 0 Å². The zero-order valence-electron chi connectivity index (χ0n) is 6.61. The van der Waals surface area contributed by atoms with Crippen molar-refractivity contribution in [2.45, 2.75) is 0 Å². The van der Waals surface area contributed by atoms with Gasteiger partial charge in [0.15, 0.2) is 0 Å². The molecular weight excluding hydrogens is 246 g/mol. The first kappa shape index (κ1) is 10.1. The van der Waals surface area contributed by atoms with Gasteiger partial charge in [-0.05, 0) is 22.0 Å². The van der Waals surface area contributed by atoms with Gasteiger partial charge in [-0.25, -0.2) is 13.6 Å². The van der Waals surface area contributed by atoms with Crippen molar-refractivity contribution in [2.24, 2.45) is 0 Å². The monoisotopic (exact) mass is 250 g/mol. The highest BCUT2D eigenvalue weighted by Gasteiger charge is 2.15. The Balaban J connectivity index is 3.28. The number of carbonyl (C=O) groups is 1. The molecule has 0 bridgehead atoms. The van der Waals surface area contributed by atoms with Crippen molar-refractivity contribution >= 4 is 21.9 Å². The Bertz CT molecular complexity index is 352. The maximum Gasteiger partial charge on any atom is 0.339 e. The molecule has 0 atom stereocenters. The topological polar surface area (TPSA) is 26.3 Å². The van der Waals surface area contributed by atoms with Gasteiger partial charge in [-0.3, -0.25) is 0 Å². The Morgan fingerprint density at radius 2 is 2.08 bits per heavy atom. The molecular formula is C8H5BrF2O2. The van der Waals surface area contributed by atoms with Gasteiger partial charge in [-0.15, -0.1) is 0 Å². The molecule has 0 aliphatic carbocycles. The molecule has 0 aliphatic rings. The molecule has 0 aliphatic heterocycles. The van der Waals surface area contributed by atoms with Crippen LogP contribution in [-0.4, -0.2) is 13.1 Å². The summed E-state index contributed by atoms with van der Waals surface area (Å²) in [4.78, 5) is 11.0. The number of benzene rings is 1. The van der Waals surface area contributed by atoms with Gasteiger partial charge in [-0.1, -0.05) is 0 Å². The van der Waals surface area contributed by atoms with E-state index in [4.69, 9.17) is 0 Å². The SMILES string of the molecule is COC(=O)c1cc(F)cc(F)c1Br. The summed E-state index contributed by atoms with van der Waals surface area (Å²) in [6.07, 6.45) is 0. The van der Waals surface area contributed by atoms with Crippen LogP contribution in [0.2, 0.25) is 0 Å². The Labute approximate surface area is 81.6 Å². The minimum atomic E-state index is -0.833. The van der Waals surface area contributed by atoms with Gasteiger partial charge in [0.05, 0.1) is 17.1 Å². The lowest BCUT2D eigenvalue weighted by Gasteiger charge is -2.02. The van der Waals surface area contributed by atoms with E-state index in [1.54, 1.807) is 0 Å². The normalized spacial score (nSPS) is 9.85. The largest absolute Gasteiger partial charge is 0.465 e.